The lowest BCUT2D eigenvalue weighted by Crippen LogP contribution is -2.15. The second-order valence-corrected chi connectivity index (χ2v) is 3.27. The third-order valence-corrected chi connectivity index (χ3v) is 2.13. The summed E-state index contributed by atoms with van der Waals surface area (Å²) in [5.74, 6) is 1.03. The molecular weight excluding hydrogens is 224 g/mol. The molecule has 94 valence electrons. The van der Waals surface area contributed by atoms with Crippen LogP contribution in [0.5, 0.6) is 11.5 Å². The van der Waals surface area contributed by atoms with Crippen LogP contribution < -0.4 is 15.2 Å². The molecule has 0 saturated heterocycles. The largest absolute Gasteiger partial charge is 0.497 e. The molecule has 1 aromatic rings. The molecule has 0 aliphatic heterocycles. The van der Waals surface area contributed by atoms with Gasteiger partial charge in [0.25, 0.3) is 0 Å². The van der Waals surface area contributed by atoms with Crippen molar-refractivity contribution >= 4 is 5.84 Å². The van der Waals surface area contributed by atoms with Gasteiger partial charge in [-0.15, -0.1) is 0 Å². The van der Waals surface area contributed by atoms with Crippen LogP contribution in [0.3, 0.4) is 0 Å². The van der Waals surface area contributed by atoms with E-state index < -0.39 is 0 Å². The Morgan fingerprint density at radius 1 is 1.47 bits per heavy atom. The predicted octanol–water partition coefficient (Wildman–Crippen LogP) is 0.551. The van der Waals surface area contributed by atoms with Crippen molar-refractivity contribution in [2.45, 2.75) is 6.42 Å². The standard InChI is InChI=1S/C11H16N2O4/c1-16-8-3-4-9(11(12)13-15)10(7-8)17-6-2-5-14/h3-4,7,14-15H,2,5-6H2,1H3,(H2,12,13). The van der Waals surface area contributed by atoms with Gasteiger partial charge in [0, 0.05) is 19.1 Å². The number of methoxy groups -OCH3 is 1. The van der Waals surface area contributed by atoms with Crippen LogP contribution in [-0.4, -0.2) is 36.5 Å². The molecule has 0 radical (unpaired) electrons. The molecular formula is C11H16N2O4. The summed E-state index contributed by atoms with van der Waals surface area (Å²) in [7, 11) is 1.54. The van der Waals surface area contributed by atoms with E-state index >= 15 is 0 Å². The highest BCUT2D eigenvalue weighted by atomic mass is 16.5. The first-order chi connectivity index (χ1) is 8.22. The van der Waals surface area contributed by atoms with Gasteiger partial charge in [0.05, 0.1) is 19.3 Å². The second kappa shape index (κ2) is 6.59. The van der Waals surface area contributed by atoms with Gasteiger partial charge in [-0.05, 0) is 12.1 Å². The number of aliphatic hydroxyl groups is 1. The summed E-state index contributed by atoms with van der Waals surface area (Å²) in [5.41, 5.74) is 6.00. The highest BCUT2D eigenvalue weighted by Gasteiger charge is 2.09. The monoisotopic (exact) mass is 240 g/mol. The summed E-state index contributed by atoms with van der Waals surface area (Å²) in [5, 5.41) is 20.3. The van der Waals surface area contributed by atoms with Crippen molar-refractivity contribution in [3.63, 3.8) is 0 Å². The van der Waals surface area contributed by atoms with Gasteiger partial charge in [0.2, 0.25) is 0 Å². The summed E-state index contributed by atoms with van der Waals surface area (Å²) in [6, 6.07) is 4.97. The average Bonchev–Trinajstić information content (AvgIpc) is 2.38. The van der Waals surface area contributed by atoms with Crippen LogP contribution in [0.15, 0.2) is 23.4 Å². The van der Waals surface area contributed by atoms with E-state index in [0.29, 0.717) is 30.1 Å². The summed E-state index contributed by atoms with van der Waals surface area (Å²) < 4.78 is 10.5. The molecule has 17 heavy (non-hydrogen) atoms. The Bertz CT molecular complexity index is 393. The fourth-order valence-corrected chi connectivity index (χ4v) is 1.26. The SMILES string of the molecule is COc1ccc(/C(N)=N/O)c(OCCCO)c1. The van der Waals surface area contributed by atoms with Crippen LogP contribution >= 0.6 is 0 Å². The molecule has 4 N–H and O–H groups in total. The van der Waals surface area contributed by atoms with Gasteiger partial charge >= 0.3 is 0 Å². The molecule has 0 saturated carbocycles. The van der Waals surface area contributed by atoms with E-state index in [2.05, 4.69) is 5.16 Å². The highest BCUT2D eigenvalue weighted by Crippen LogP contribution is 2.24. The maximum Gasteiger partial charge on any atom is 0.173 e. The third kappa shape index (κ3) is 3.53. The molecule has 1 aromatic carbocycles. The van der Waals surface area contributed by atoms with Gasteiger partial charge in [0.15, 0.2) is 5.84 Å². The lowest BCUT2D eigenvalue weighted by atomic mass is 10.1. The first-order valence-corrected chi connectivity index (χ1v) is 5.12. The number of ether oxygens (including phenoxy) is 2. The number of hydrogen-bond donors (Lipinski definition) is 3. The zero-order chi connectivity index (χ0) is 12.7. The van der Waals surface area contributed by atoms with Crippen LogP contribution in [0, 0.1) is 0 Å². The molecule has 0 heterocycles. The van der Waals surface area contributed by atoms with E-state index in [4.69, 9.17) is 25.5 Å². The van der Waals surface area contributed by atoms with Crippen molar-refractivity contribution in [2.75, 3.05) is 20.3 Å². The molecule has 6 nitrogen and oxygen atoms in total. The summed E-state index contributed by atoms with van der Waals surface area (Å²) in [4.78, 5) is 0. The van der Waals surface area contributed by atoms with Crippen molar-refractivity contribution in [1.29, 1.82) is 0 Å². The van der Waals surface area contributed by atoms with Crippen LogP contribution in [0.25, 0.3) is 0 Å². The number of amidine groups is 1. The Kier molecular flexibility index (Phi) is 5.09. The number of aliphatic hydroxyl groups excluding tert-OH is 1. The fraction of sp³-hybridized carbons (Fsp3) is 0.364. The van der Waals surface area contributed by atoms with E-state index in [-0.39, 0.29) is 12.4 Å². The smallest absolute Gasteiger partial charge is 0.173 e. The minimum atomic E-state index is -0.0355. The Labute approximate surface area is 99.3 Å². The van der Waals surface area contributed by atoms with Gasteiger partial charge in [0.1, 0.15) is 11.5 Å². The number of nitrogens with two attached hydrogens (primary N) is 1. The van der Waals surface area contributed by atoms with Gasteiger partial charge in [-0.3, -0.25) is 0 Å². The number of rotatable bonds is 6. The molecule has 0 atom stereocenters. The number of oxime groups is 1. The fourth-order valence-electron chi connectivity index (χ4n) is 1.26. The first-order valence-electron chi connectivity index (χ1n) is 5.12. The van der Waals surface area contributed by atoms with Crippen LogP contribution in [0.2, 0.25) is 0 Å². The zero-order valence-electron chi connectivity index (χ0n) is 9.59. The quantitative estimate of drug-likeness (QED) is 0.222. The summed E-state index contributed by atoms with van der Waals surface area (Å²) >= 11 is 0. The van der Waals surface area contributed by atoms with Gasteiger partial charge in [-0.2, -0.15) is 0 Å². The zero-order valence-corrected chi connectivity index (χ0v) is 9.59. The van der Waals surface area contributed by atoms with Gasteiger partial charge in [-0.25, -0.2) is 0 Å². The molecule has 0 fully saturated rings. The maximum atomic E-state index is 8.68. The molecule has 1 rings (SSSR count). The molecule has 0 aliphatic carbocycles. The average molecular weight is 240 g/mol. The Hall–Kier alpha value is -1.95. The van der Waals surface area contributed by atoms with Crippen molar-refractivity contribution < 1.29 is 19.8 Å². The van der Waals surface area contributed by atoms with E-state index in [1.54, 1.807) is 18.2 Å². The number of benzene rings is 1. The minimum absolute atomic E-state index is 0.0355. The first kappa shape index (κ1) is 13.1. The third-order valence-electron chi connectivity index (χ3n) is 2.13. The second-order valence-electron chi connectivity index (χ2n) is 3.27. The predicted molar refractivity (Wildman–Crippen MR) is 62.7 cm³/mol. The van der Waals surface area contributed by atoms with E-state index in [9.17, 15) is 0 Å². The lowest BCUT2D eigenvalue weighted by molar-refractivity contribution is 0.233. The van der Waals surface area contributed by atoms with Crippen LogP contribution in [-0.2, 0) is 0 Å². The van der Waals surface area contributed by atoms with Gasteiger partial charge < -0.3 is 25.5 Å². The van der Waals surface area contributed by atoms with Gasteiger partial charge in [-0.1, -0.05) is 5.16 Å². The van der Waals surface area contributed by atoms with Crippen molar-refractivity contribution in [3.8, 4) is 11.5 Å². The molecule has 6 heteroatoms. The molecule has 0 amide bonds. The summed E-state index contributed by atoms with van der Waals surface area (Å²) in [6.45, 7) is 0.387. The van der Waals surface area contributed by atoms with E-state index in [0.717, 1.165) is 0 Å². The van der Waals surface area contributed by atoms with Crippen LogP contribution in [0.1, 0.15) is 12.0 Å². The molecule has 0 aliphatic rings. The Balaban J connectivity index is 2.95. The normalized spacial score (nSPS) is 11.3. The topological polar surface area (TPSA) is 97.3 Å². The summed E-state index contributed by atoms with van der Waals surface area (Å²) in [6.07, 6.45) is 0.507. The van der Waals surface area contributed by atoms with E-state index in [1.165, 1.54) is 7.11 Å². The lowest BCUT2D eigenvalue weighted by Gasteiger charge is -2.11. The van der Waals surface area contributed by atoms with Crippen LogP contribution in [0.4, 0.5) is 0 Å². The Morgan fingerprint density at radius 3 is 2.82 bits per heavy atom. The van der Waals surface area contributed by atoms with E-state index in [1.807, 2.05) is 0 Å². The number of hydrogen-bond acceptors (Lipinski definition) is 5. The minimum Gasteiger partial charge on any atom is -0.497 e. The molecule has 0 spiro atoms. The number of nitrogens with zero attached hydrogens (tertiary/aromatic N) is 1. The highest BCUT2D eigenvalue weighted by molar-refractivity contribution is 5.99. The van der Waals surface area contributed by atoms with Crippen molar-refractivity contribution in [1.82, 2.24) is 0 Å². The molecule has 0 aromatic heterocycles. The van der Waals surface area contributed by atoms with Crippen molar-refractivity contribution in [2.24, 2.45) is 10.9 Å². The molecule has 0 bridgehead atoms. The van der Waals surface area contributed by atoms with Crippen molar-refractivity contribution in [3.05, 3.63) is 23.8 Å². The Morgan fingerprint density at radius 2 is 2.24 bits per heavy atom. The molecule has 0 unspecified atom stereocenters. The maximum absolute atomic E-state index is 8.68.